The van der Waals surface area contributed by atoms with Gasteiger partial charge in [-0.3, -0.25) is 4.79 Å². The first-order valence-electron chi connectivity index (χ1n) is 10.0. The highest BCUT2D eigenvalue weighted by Crippen LogP contribution is 2.30. The fraction of sp³-hybridized carbons (Fsp3) is 0. The Morgan fingerprint density at radius 2 is 1.59 bits per heavy atom. The quantitative estimate of drug-likeness (QED) is 0.286. The normalized spacial score (nSPS) is 10.8. The first-order chi connectivity index (χ1) is 15.7. The van der Waals surface area contributed by atoms with Crippen LogP contribution in [-0.4, -0.2) is 10.9 Å². The van der Waals surface area contributed by atoms with Crippen LogP contribution in [-0.2, 0) is 0 Å². The molecule has 2 N–H and O–H groups in total. The van der Waals surface area contributed by atoms with Crippen LogP contribution < -0.4 is 10.6 Å². The van der Waals surface area contributed by atoms with Crippen molar-refractivity contribution >= 4 is 56.1 Å². The van der Waals surface area contributed by atoms with E-state index in [0.29, 0.717) is 10.6 Å². The summed E-state index contributed by atoms with van der Waals surface area (Å²) in [5.74, 6) is -0.130. The zero-order valence-corrected chi connectivity index (χ0v) is 18.5. The number of rotatable bonds is 5. The highest BCUT2D eigenvalue weighted by atomic mass is 35.5. The van der Waals surface area contributed by atoms with Crippen LogP contribution >= 0.6 is 22.9 Å². The first kappa shape index (κ1) is 20.2. The van der Waals surface area contributed by atoms with Crippen LogP contribution in [0.25, 0.3) is 22.0 Å². The van der Waals surface area contributed by atoms with Crippen LogP contribution in [0.1, 0.15) is 10.4 Å². The highest BCUT2D eigenvalue weighted by Gasteiger charge is 2.11. The Morgan fingerprint density at radius 1 is 0.844 bits per heavy atom. The monoisotopic (exact) mass is 455 g/mol. The van der Waals surface area contributed by atoms with Gasteiger partial charge >= 0.3 is 0 Å². The van der Waals surface area contributed by atoms with Crippen LogP contribution in [0.2, 0.25) is 5.02 Å². The lowest BCUT2D eigenvalue weighted by Crippen LogP contribution is -2.12. The van der Waals surface area contributed by atoms with Crippen LogP contribution in [0, 0.1) is 0 Å². The van der Waals surface area contributed by atoms with Gasteiger partial charge in [0.1, 0.15) is 0 Å². The van der Waals surface area contributed by atoms with Crippen LogP contribution in [0.4, 0.5) is 16.5 Å². The molecule has 1 aromatic heterocycles. The number of anilines is 3. The minimum absolute atomic E-state index is 0.130. The van der Waals surface area contributed by atoms with Crippen molar-refractivity contribution in [2.45, 2.75) is 0 Å². The van der Waals surface area contributed by atoms with Crippen LogP contribution in [0.5, 0.6) is 0 Å². The maximum absolute atomic E-state index is 12.8. The third-order valence-corrected chi connectivity index (χ3v) is 6.18. The van der Waals surface area contributed by atoms with E-state index in [1.54, 1.807) is 0 Å². The van der Waals surface area contributed by atoms with Gasteiger partial charge in [-0.25, -0.2) is 4.98 Å². The smallest absolute Gasteiger partial charge is 0.256 e. The first-order valence-corrected chi connectivity index (χ1v) is 11.3. The van der Waals surface area contributed by atoms with Gasteiger partial charge in [-0.2, -0.15) is 0 Å². The van der Waals surface area contributed by atoms with Crippen molar-refractivity contribution in [3.05, 3.63) is 107 Å². The second-order valence-corrected chi connectivity index (χ2v) is 8.47. The second kappa shape index (κ2) is 8.83. The third-order valence-electron chi connectivity index (χ3n) is 5.09. The Morgan fingerprint density at radius 3 is 2.44 bits per heavy atom. The molecule has 6 heteroatoms. The summed E-state index contributed by atoms with van der Waals surface area (Å²) in [7, 11) is 0. The average molecular weight is 456 g/mol. The molecule has 32 heavy (non-hydrogen) atoms. The number of carbonyl (C=O) groups excluding carboxylic acids is 1. The number of carbonyl (C=O) groups is 1. The number of aromatic nitrogens is 1. The Balaban J connectivity index is 1.31. The standard InChI is InChI=1S/C26H18ClN3OS/c27-22-10-3-4-11-23(22)29-26-30-24(16-32-26)18-12-14-19(15-13-18)28-25(31)21-9-5-7-17-6-1-2-8-20(17)21/h1-16H,(H,28,31)(H,29,30). The van der Waals surface area contributed by atoms with E-state index in [9.17, 15) is 4.79 Å². The lowest BCUT2D eigenvalue weighted by atomic mass is 10.0. The highest BCUT2D eigenvalue weighted by molar-refractivity contribution is 7.14. The van der Waals surface area contributed by atoms with Gasteiger partial charge in [-0.1, -0.05) is 72.3 Å². The molecular weight excluding hydrogens is 438 g/mol. The molecule has 0 saturated heterocycles. The number of hydrogen-bond donors (Lipinski definition) is 2. The average Bonchev–Trinajstić information content (AvgIpc) is 3.29. The van der Waals surface area contributed by atoms with E-state index in [-0.39, 0.29) is 5.91 Å². The summed E-state index contributed by atoms with van der Waals surface area (Å²) >= 11 is 7.72. The topological polar surface area (TPSA) is 54.0 Å². The van der Waals surface area contributed by atoms with Crippen molar-refractivity contribution < 1.29 is 4.79 Å². The summed E-state index contributed by atoms with van der Waals surface area (Å²) in [5, 5.41) is 11.6. The number of hydrogen-bond acceptors (Lipinski definition) is 4. The van der Waals surface area contributed by atoms with Gasteiger partial charge in [0.15, 0.2) is 5.13 Å². The fourth-order valence-corrected chi connectivity index (χ4v) is 4.40. The van der Waals surface area contributed by atoms with E-state index in [1.165, 1.54) is 11.3 Å². The van der Waals surface area contributed by atoms with Crippen molar-refractivity contribution in [2.24, 2.45) is 0 Å². The molecule has 156 valence electrons. The zero-order chi connectivity index (χ0) is 21.9. The van der Waals surface area contributed by atoms with E-state index in [1.807, 2.05) is 96.4 Å². The molecule has 0 spiro atoms. The van der Waals surface area contributed by atoms with Crippen LogP contribution in [0.3, 0.4) is 0 Å². The molecule has 0 fully saturated rings. The van der Waals surface area contributed by atoms with Gasteiger partial charge in [-0.05, 0) is 41.1 Å². The lowest BCUT2D eigenvalue weighted by molar-refractivity contribution is 0.102. The molecule has 0 radical (unpaired) electrons. The summed E-state index contributed by atoms with van der Waals surface area (Å²) in [6.07, 6.45) is 0. The fourth-order valence-electron chi connectivity index (χ4n) is 3.49. The molecule has 0 aliphatic carbocycles. The van der Waals surface area contributed by atoms with Gasteiger partial charge in [0.2, 0.25) is 0 Å². The van der Waals surface area contributed by atoms with Gasteiger partial charge in [0.05, 0.1) is 16.4 Å². The molecule has 0 atom stereocenters. The van der Waals surface area contributed by atoms with E-state index >= 15 is 0 Å². The Bertz CT molecular complexity index is 1410. The summed E-state index contributed by atoms with van der Waals surface area (Å²) in [5.41, 5.74) is 4.04. The van der Waals surface area contributed by atoms with Crippen molar-refractivity contribution in [3.63, 3.8) is 0 Å². The number of amides is 1. The minimum atomic E-state index is -0.130. The number of thiazole rings is 1. The molecule has 4 nitrogen and oxygen atoms in total. The Labute approximate surface area is 194 Å². The zero-order valence-electron chi connectivity index (χ0n) is 16.9. The van der Waals surface area contributed by atoms with Gasteiger partial charge < -0.3 is 10.6 Å². The molecule has 5 aromatic rings. The van der Waals surface area contributed by atoms with E-state index in [2.05, 4.69) is 15.6 Å². The summed E-state index contributed by atoms with van der Waals surface area (Å²) in [6.45, 7) is 0. The van der Waals surface area contributed by atoms with Crippen LogP contribution in [0.15, 0.2) is 96.4 Å². The lowest BCUT2D eigenvalue weighted by Gasteiger charge is -2.08. The minimum Gasteiger partial charge on any atom is -0.330 e. The molecule has 1 heterocycles. The predicted molar refractivity (Wildman–Crippen MR) is 134 cm³/mol. The molecule has 0 unspecified atom stereocenters. The number of halogens is 1. The van der Waals surface area contributed by atoms with E-state index < -0.39 is 0 Å². The van der Waals surface area contributed by atoms with Crippen molar-refractivity contribution in [2.75, 3.05) is 10.6 Å². The number of para-hydroxylation sites is 1. The molecule has 0 aliphatic heterocycles. The number of benzene rings is 4. The van der Waals surface area contributed by atoms with Crippen molar-refractivity contribution in [1.29, 1.82) is 0 Å². The SMILES string of the molecule is O=C(Nc1ccc(-c2csc(Nc3ccccc3Cl)n2)cc1)c1cccc2ccccc12. The summed E-state index contributed by atoms with van der Waals surface area (Å²) < 4.78 is 0. The predicted octanol–water partition coefficient (Wildman–Crippen LogP) is 7.61. The number of fused-ring (bicyclic) bond motifs is 1. The Hall–Kier alpha value is -3.67. The summed E-state index contributed by atoms with van der Waals surface area (Å²) in [6, 6.07) is 28.9. The number of nitrogens with zero attached hydrogens (tertiary/aromatic N) is 1. The molecule has 5 rings (SSSR count). The maximum Gasteiger partial charge on any atom is 0.256 e. The largest absolute Gasteiger partial charge is 0.330 e. The second-order valence-electron chi connectivity index (χ2n) is 7.20. The molecule has 4 aromatic carbocycles. The molecular formula is C26H18ClN3OS. The van der Waals surface area contributed by atoms with Crippen molar-refractivity contribution in [1.82, 2.24) is 4.98 Å². The Kier molecular flexibility index (Phi) is 5.58. The van der Waals surface area contributed by atoms with E-state index in [4.69, 9.17) is 11.6 Å². The molecule has 0 aliphatic rings. The van der Waals surface area contributed by atoms with Gasteiger partial charge in [0.25, 0.3) is 5.91 Å². The molecule has 1 amide bonds. The number of nitrogens with one attached hydrogen (secondary N) is 2. The van der Waals surface area contributed by atoms with Gasteiger partial charge in [-0.15, -0.1) is 11.3 Å². The van der Waals surface area contributed by atoms with Gasteiger partial charge in [0, 0.05) is 22.2 Å². The summed E-state index contributed by atoms with van der Waals surface area (Å²) in [4.78, 5) is 17.5. The van der Waals surface area contributed by atoms with E-state index in [0.717, 1.165) is 38.5 Å². The third kappa shape index (κ3) is 4.21. The molecule has 0 saturated carbocycles. The maximum atomic E-state index is 12.8. The van der Waals surface area contributed by atoms with Crippen molar-refractivity contribution in [3.8, 4) is 11.3 Å². The molecule has 0 bridgehead atoms.